The Labute approximate surface area is 205 Å². The van der Waals surface area contributed by atoms with Gasteiger partial charge in [-0.15, -0.1) is 0 Å². The first-order valence-electron chi connectivity index (χ1n) is 12.7. The van der Waals surface area contributed by atoms with Gasteiger partial charge in [-0.2, -0.15) is 0 Å². The predicted molar refractivity (Wildman–Crippen MR) is 143 cm³/mol. The molecule has 0 aliphatic rings. The van der Waals surface area contributed by atoms with Gasteiger partial charge in [0.25, 0.3) is 0 Å². The lowest BCUT2D eigenvalue weighted by Crippen LogP contribution is -2.10. The van der Waals surface area contributed by atoms with Crippen LogP contribution in [0.15, 0.2) is 36.4 Å². The minimum Gasteiger partial charge on any atom is -0.493 e. The lowest BCUT2D eigenvalue weighted by molar-refractivity contribution is 0.260. The van der Waals surface area contributed by atoms with E-state index >= 15 is 0 Å². The number of ether oxygens (including phenoxy) is 4. The predicted octanol–water partition coefficient (Wildman–Crippen LogP) is 8.13. The molecule has 186 valence electrons. The Balaban J connectivity index is 2.37. The molecule has 0 atom stereocenters. The summed E-state index contributed by atoms with van der Waals surface area (Å²) in [5.41, 5.74) is 0. The Bertz CT molecular complexity index is 1010. The molecule has 0 saturated carbocycles. The van der Waals surface area contributed by atoms with Crippen molar-refractivity contribution < 1.29 is 18.9 Å². The van der Waals surface area contributed by atoms with Gasteiger partial charge in [0, 0.05) is 10.8 Å². The normalized spacial score (nSPS) is 11.9. The van der Waals surface area contributed by atoms with Crippen molar-refractivity contribution in [2.24, 2.45) is 23.7 Å². The molecule has 34 heavy (non-hydrogen) atoms. The summed E-state index contributed by atoms with van der Waals surface area (Å²) in [5, 5.41) is 3.93. The van der Waals surface area contributed by atoms with Crippen molar-refractivity contribution >= 4 is 21.5 Å². The summed E-state index contributed by atoms with van der Waals surface area (Å²) in [7, 11) is 0. The number of benzene rings is 3. The second kappa shape index (κ2) is 11.7. The molecule has 0 spiro atoms. The summed E-state index contributed by atoms with van der Waals surface area (Å²) in [4.78, 5) is 0. The Morgan fingerprint density at radius 3 is 1.21 bits per heavy atom. The third-order valence-electron chi connectivity index (χ3n) is 5.26. The van der Waals surface area contributed by atoms with Crippen LogP contribution >= 0.6 is 0 Å². The molecule has 3 rings (SSSR count). The van der Waals surface area contributed by atoms with Gasteiger partial charge < -0.3 is 18.9 Å². The highest BCUT2D eigenvalue weighted by Gasteiger charge is 2.23. The van der Waals surface area contributed by atoms with Gasteiger partial charge >= 0.3 is 0 Å². The molecule has 0 heterocycles. The summed E-state index contributed by atoms with van der Waals surface area (Å²) < 4.78 is 25.7. The molecular formula is C30H42O4. The maximum atomic E-state index is 6.55. The van der Waals surface area contributed by atoms with Crippen LogP contribution in [-0.2, 0) is 0 Å². The first-order chi connectivity index (χ1) is 16.2. The van der Waals surface area contributed by atoms with Crippen LogP contribution in [0.2, 0.25) is 0 Å². The molecule has 0 N–H and O–H groups in total. The van der Waals surface area contributed by atoms with Crippen LogP contribution in [0.3, 0.4) is 0 Å². The zero-order chi connectivity index (χ0) is 24.8. The van der Waals surface area contributed by atoms with Crippen LogP contribution < -0.4 is 18.9 Å². The van der Waals surface area contributed by atoms with Crippen LogP contribution in [0, 0.1) is 23.7 Å². The van der Waals surface area contributed by atoms with Crippen LogP contribution in [-0.4, -0.2) is 26.4 Å². The van der Waals surface area contributed by atoms with Gasteiger partial charge in [0.2, 0.25) is 0 Å². The highest BCUT2D eigenvalue weighted by atomic mass is 16.5. The lowest BCUT2D eigenvalue weighted by atomic mass is 9.98. The Kier molecular flexibility index (Phi) is 8.93. The minimum atomic E-state index is 0.384. The number of hydrogen-bond acceptors (Lipinski definition) is 4. The van der Waals surface area contributed by atoms with Crippen molar-refractivity contribution in [3.63, 3.8) is 0 Å². The summed E-state index contributed by atoms with van der Waals surface area (Å²) in [6.45, 7) is 19.8. The van der Waals surface area contributed by atoms with Crippen molar-refractivity contribution in [1.29, 1.82) is 0 Å². The summed E-state index contributed by atoms with van der Waals surface area (Å²) in [5.74, 6) is 4.93. The third kappa shape index (κ3) is 6.28. The SMILES string of the molecule is CC(C)COc1c2cccc(OCC(C)C)c2c(OCC(C)C)c2c(OCC(C)C)cccc12. The van der Waals surface area contributed by atoms with Gasteiger partial charge in [-0.05, 0) is 35.8 Å². The smallest absolute Gasteiger partial charge is 0.142 e. The summed E-state index contributed by atoms with van der Waals surface area (Å²) >= 11 is 0. The number of rotatable bonds is 12. The highest BCUT2D eigenvalue weighted by molar-refractivity contribution is 6.15. The Morgan fingerprint density at radius 1 is 0.471 bits per heavy atom. The van der Waals surface area contributed by atoms with Crippen LogP contribution in [0.4, 0.5) is 0 Å². The average Bonchev–Trinajstić information content (AvgIpc) is 2.77. The van der Waals surface area contributed by atoms with E-state index in [0.717, 1.165) is 44.5 Å². The Hall–Kier alpha value is -2.62. The molecule has 0 aliphatic carbocycles. The monoisotopic (exact) mass is 466 g/mol. The molecule has 0 aromatic heterocycles. The maximum Gasteiger partial charge on any atom is 0.142 e. The van der Waals surface area contributed by atoms with Crippen molar-refractivity contribution in [2.75, 3.05) is 26.4 Å². The second-order valence-electron chi connectivity index (χ2n) is 10.8. The summed E-state index contributed by atoms with van der Waals surface area (Å²) in [6.07, 6.45) is 0. The second-order valence-corrected chi connectivity index (χ2v) is 10.8. The van der Waals surface area contributed by atoms with Gasteiger partial charge in [-0.25, -0.2) is 0 Å². The van der Waals surface area contributed by atoms with Gasteiger partial charge in [0.05, 0.1) is 37.2 Å². The average molecular weight is 467 g/mol. The topological polar surface area (TPSA) is 36.9 Å². The van der Waals surface area contributed by atoms with Crippen molar-refractivity contribution in [3.8, 4) is 23.0 Å². The molecule has 0 aliphatic heterocycles. The van der Waals surface area contributed by atoms with Crippen molar-refractivity contribution in [1.82, 2.24) is 0 Å². The molecule has 3 aromatic rings. The largest absolute Gasteiger partial charge is 0.493 e. The molecule has 0 saturated heterocycles. The van der Waals surface area contributed by atoms with E-state index in [-0.39, 0.29) is 0 Å². The fourth-order valence-electron chi connectivity index (χ4n) is 3.73. The molecule has 4 heteroatoms. The minimum absolute atomic E-state index is 0.384. The Morgan fingerprint density at radius 2 is 0.824 bits per heavy atom. The van der Waals surface area contributed by atoms with Crippen LogP contribution in [0.25, 0.3) is 21.5 Å². The third-order valence-corrected chi connectivity index (χ3v) is 5.26. The van der Waals surface area contributed by atoms with E-state index in [4.69, 9.17) is 18.9 Å². The van der Waals surface area contributed by atoms with E-state index in [9.17, 15) is 0 Å². The quantitative estimate of drug-likeness (QED) is 0.252. The molecule has 0 amide bonds. The fraction of sp³-hybridized carbons (Fsp3) is 0.533. The zero-order valence-electron chi connectivity index (χ0n) is 22.2. The van der Waals surface area contributed by atoms with Crippen LogP contribution in [0.5, 0.6) is 23.0 Å². The van der Waals surface area contributed by atoms with E-state index in [1.54, 1.807) is 0 Å². The number of hydrogen-bond donors (Lipinski definition) is 0. The zero-order valence-corrected chi connectivity index (χ0v) is 22.2. The van der Waals surface area contributed by atoms with Gasteiger partial charge in [-0.1, -0.05) is 79.7 Å². The van der Waals surface area contributed by atoms with Gasteiger partial charge in [-0.3, -0.25) is 0 Å². The first kappa shape index (κ1) is 26.0. The molecule has 3 aromatic carbocycles. The molecule has 0 unspecified atom stereocenters. The molecule has 0 radical (unpaired) electrons. The van der Waals surface area contributed by atoms with E-state index in [1.807, 2.05) is 24.3 Å². The van der Waals surface area contributed by atoms with Crippen LogP contribution in [0.1, 0.15) is 55.4 Å². The molecule has 0 fully saturated rings. The van der Waals surface area contributed by atoms with Gasteiger partial charge in [0.1, 0.15) is 23.0 Å². The maximum absolute atomic E-state index is 6.55. The highest BCUT2D eigenvalue weighted by Crippen LogP contribution is 2.49. The van der Waals surface area contributed by atoms with Gasteiger partial charge in [0.15, 0.2) is 0 Å². The molecular weight excluding hydrogens is 424 g/mol. The first-order valence-corrected chi connectivity index (χ1v) is 12.7. The van der Waals surface area contributed by atoms with E-state index < -0.39 is 0 Å². The van der Waals surface area contributed by atoms with E-state index in [1.165, 1.54) is 0 Å². The fourth-order valence-corrected chi connectivity index (χ4v) is 3.73. The van der Waals surface area contributed by atoms with E-state index in [2.05, 4.69) is 67.5 Å². The summed E-state index contributed by atoms with van der Waals surface area (Å²) in [6, 6.07) is 12.4. The molecule has 4 nitrogen and oxygen atoms in total. The standard InChI is InChI=1S/C30H42O4/c1-19(2)15-31-25-13-9-11-23-27(25)30(34-18-22(7)8)28-24(29(23)33-17-21(5)6)12-10-14-26(28)32-16-20(3)4/h9-14,19-22H,15-18H2,1-8H3. The lowest BCUT2D eigenvalue weighted by Gasteiger charge is -2.23. The molecule has 0 bridgehead atoms. The van der Waals surface area contributed by atoms with E-state index in [0.29, 0.717) is 50.1 Å². The van der Waals surface area contributed by atoms with Crippen molar-refractivity contribution in [3.05, 3.63) is 36.4 Å². The van der Waals surface area contributed by atoms with Crippen molar-refractivity contribution in [2.45, 2.75) is 55.4 Å². The number of fused-ring (bicyclic) bond motifs is 2.